The highest BCUT2D eigenvalue weighted by Crippen LogP contribution is 2.28. The molecule has 1 saturated heterocycles. The Balaban J connectivity index is 2.12. The van der Waals surface area contributed by atoms with Gasteiger partial charge >= 0.3 is 0 Å². The molecule has 0 amide bonds. The van der Waals surface area contributed by atoms with Crippen molar-refractivity contribution in [1.29, 1.82) is 0 Å². The minimum absolute atomic E-state index is 0.632. The molecule has 2 unspecified atom stereocenters. The molecule has 1 aliphatic rings. The van der Waals surface area contributed by atoms with E-state index in [9.17, 15) is 0 Å². The van der Waals surface area contributed by atoms with Gasteiger partial charge in [0, 0.05) is 29.0 Å². The van der Waals surface area contributed by atoms with Crippen LogP contribution in [0.3, 0.4) is 0 Å². The second-order valence-electron chi connectivity index (χ2n) is 3.49. The predicted octanol–water partition coefficient (Wildman–Crippen LogP) is 2.90. The van der Waals surface area contributed by atoms with Crippen LogP contribution in [-0.4, -0.2) is 22.4 Å². The number of aromatic nitrogens is 1. The minimum Gasteiger partial charge on any atom is -0.344 e. The Bertz CT molecular complexity index is 263. The van der Waals surface area contributed by atoms with Gasteiger partial charge < -0.3 is 4.90 Å². The second-order valence-corrected chi connectivity index (χ2v) is 5.66. The zero-order valence-corrected chi connectivity index (χ0v) is 10.0. The van der Waals surface area contributed by atoms with Crippen LogP contribution in [0.15, 0.2) is 11.6 Å². The highest BCUT2D eigenvalue weighted by molar-refractivity contribution is 9.09. The SMILES string of the molecule is CC1CCC(Br)CN1c1nccs1. The van der Waals surface area contributed by atoms with Crippen LogP contribution in [0.25, 0.3) is 0 Å². The minimum atomic E-state index is 0.632. The maximum absolute atomic E-state index is 4.35. The van der Waals surface area contributed by atoms with Crippen molar-refractivity contribution in [3.63, 3.8) is 0 Å². The molecule has 13 heavy (non-hydrogen) atoms. The van der Waals surface area contributed by atoms with Crippen LogP contribution in [0.2, 0.25) is 0 Å². The van der Waals surface area contributed by atoms with E-state index in [-0.39, 0.29) is 0 Å². The standard InChI is InChI=1S/C9H13BrN2S/c1-7-2-3-8(10)6-12(7)9-11-4-5-13-9/h4-5,7-8H,2-3,6H2,1H3. The number of halogens is 1. The van der Waals surface area contributed by atoms with E-state index in [4.69, 9.17) is 0 Å². The van der Waals surface area contributed by atoms with E-state index >= 15 is 0 Å². The molecule has 1 fully saturated rings. The van der Waals surface area contributed by atoms with Crippen molar-refractivity contribution in [2.45, 2.75) is 30.6 Å². The summed E-state index contributed by atoms with van der Waals surface area (Å²) in [6.45, 7) is 3.37. The lowest BCUT2D eigenvalue weighted by Crippen LogP contribution is -2.42. The maximum Gasteiger partial charge on any atom is 0.185 e. The molecule has 1 aromatic rings. The molecular formula is C9H13BrN2S. The molecule has 0 aromatic carbocycles. The van der Waals surface area contributed by atoms with Gasteiger partial charge in [-0.05, 0) is 19.8 Å². The first-order chi connectivity index (χ1) is 6.27. The van der Waals surface area contributed by atoms with Gasteiger partial charge in [-0.1, -0.05) is 15.9 Å². The summed E-state index contributed by atoms with van der Waals surface area (Å²) in [6.07, 6.45) is 4.42. The third kappa shape index (κ3) is 2.05. The molecule has 2 rings (SSSR count). The van der Waals surface area contributed by atoms with E-state index in [1.165, 1.54) is 12.8 Å². The molecule has 0 bridgehead atoms. The Labute approximate surface area is 91.1 Å². The smallest absolute Gasteiger partial charge is 0.185 e. The van der Waals surface area contributed by atoms with Crippen LogP contribution >= 0.6 is 27.3 Å². The van der Waals surface area contributed by atoms with Crippen LogP contribution in [0.1, 0.15) is 19.8 Å². The van der Waals surface area contributed by atoms with Gasteiger partial charge in [0.05, 0.1) is 0 Å². The summed E-state index contributed by atoms with van der Waals surface area (Å²) < 4.78 is 0. The van der Waals surface area contributed by atoms with Gasteiger partial charge in [-0.15, -0.1) is 11.3 Å². The summed E-state index contributed by atoms with van der Waals surface area (Å²) in [4.78, 5) is 7.38. The molecule has 2 nitrogen and oxygen atoms in total. The van der Waals surface area contributed by atoms with E-state index in [2.05, 4.69) is 32.7 Å². The Kier molecular flexibility index (Phi) is 2.89. The van der Waals surface area contributed by atoms with Gasteiger partial charge in [0.15, 0.2) is 5.13 Å². The number of thiazole rings is 1. The number of hydrogen-bond donors (Lipinski definition) is 0. The number of piperidine rings is 1. The van der Waals surface area contributed by atoms with E-state index in [1.54, 1.807) is 11.3 Å². The fraction of sp³-hybridized carbons (Fsp3) is 0.667. The van der Waals surface area contributed by atoms with E-state index in [1.807, 2.05) is 11.6 Å². The Hall–Kier alpha value is -0.0900. The van der Waals surface area contributed by atoms with E-state index in [0.717, 1.165) is 11.7 Å². The van der Waals surface area contributed by atoms with Crippen molar-refractivity contribution in [3.8, 4) is 0 Å². The molecule has 0 saturated carbocycles. The summed E-state index contributed by atoms with van der Waals surface area (Å²) >= 11 is 5.41. The summed E-state index contributed by atoms with van der Waals surface area (Å²) in [5.41, 5.74) is 0. The first-order valence-corrected chi connectivity index (χ1v) is 6.37. The molecule has 4 heteroatoms. The number of alkyl halides is 1. The van der Waals surface area contributed by atoms with Crippen molar-refractivity contribution >= 4 is 32.4 Å². The van der Waals surface area contributed by atoms with Crippen molar-refractivity contribution < 1.29 is 0 Å². The van der Waals surface area contributed by atoms with Gasteiger partial charge in [0.25, 0.3) is 0 Å². The van der Waals surface area contributed by atoms with Crippen LogP contribution in [0, 0.1) is 0 Å². The molecule has 1 aliphatic heterocycles. The van der Waals surface area contributed by atoms with Gasteiger partial charge in [-0.25, -0.2) is 4.98 Å². The van der Waals surface area contributed by atoms with Gasteiger partial charge in [-0.2, -0.15) is 0 Å². The molecule has 0 N–H and O–H groups in total. The summed E-state index contributed by atoms with van der Waals surface area (Å²) in [5, 5.41) is 3.21. The van der Waals surface area contributed by atoms with Gasteiger partial charge in [0.1, 0.15) is 0 Å². The average molecular weight is 261 g/mol. The van der Waals surface area contributed by atoms with Crippen molar-refractivity contribution in [1.82, 2.24) is 4.98 Å². The highest BCUT2D eigenvalue weighted by atomic mass is 79.9. The van der Waals surface area contributed by atoms with Crippen LogP contribution in [0.5, 0.6) is 0 Å². The molecule has 2 heterocycles. The Morgan fingerprint density at radius 2 is 2.46 bits per heavy atom. The molecule has 0 radical (unpaired) electrons. The summed E-state index contributed by atoms with van der Waals surface area (Å²) in [6, 6.07) is 0.639. The Morgan fingerprint density at radius 3 is 3.15 bits per heavy atom. The van der Waals surface area contributed by atoms with Gasteiger partial charge in [-0.3, -0.25) is 0 Å². The van der Waals surface area contributed by atoms with Crippen molar-refractivity contribution in [2.24, 2.45) is 0 Å². The predicted molar refractivity (Wildman–Crippen MR) is 60.9 cm³/mol. The van der Waals surface area contributed by atoms with Crippen molar-refractivity contribution in [3.05, 3.63) is 11.6 Å². The first kappa shape index (κ1) is 9.46. The number of hydrogen-bond acceptors (Lipinski definition) is 3. The zero-order chi connectivity index (χ0) is 9.26. The number of nitrogens with zero attached hydrogens (tertiary/aromatic N) is 2. The summed E-state index contributed by atoms with van der Waals surface area (Å²) in [7, 11) is 0. The van der Waals surface area contributed by atoms with Gasteiger partial charge in [0.2, 0.25) is 0 Å². The number of rotatable bonds is 1. The van der Waals surface area contributed by atoms with E-state index < -0.39 is 0 Å². The quantitative estimate of drug-likeness (QED) is 0.722. The topological polar surface area (TPSA) is 16.1 Å². The lowest BCUT2D eigenvalue weighted by atomic mass is 10.0. The van der Waals surface area contributed by atoms with Crippen LogP contribution in [0.4, 0.5) is 5.13 Å². The average Bonchev–Trinajstić information content (AvgIpc) is 2.61. The normalized spacial score (nSPS) is 29.2. The molecule has 2 atom stereocenters. The lowest BCUT2D eigenvalue weighted by molar-refractivity contribution is 0.497. The number of anilines is 1. The lowest BCUT2D eigenvalue weighted by Gasteiger charge is -2.35. The second kappa shape index (κ2) is 3.96. The van der Waals surface area contributed by atoms with E-state index in [0.29, 0.717) is 10.9 Å². The molecule has 0 spiro atoms. The maximum atomic E-state index is 4.35. The fourth-order valence-electron chi connectivity index (χ4n) is 1.69. The van der Waals surface area contributed by atoms with Crippen LogP contribution in [-0.2, 0) is 0 Å². The molecule has 0 aliphatic carbocycles. The third-order valence-electron chi connectivity index (χ3n) is 2.49. The van der Waals surface area contributed by atoms with Crippen molar-refractivity contribution in [2.75, 3.05) is 11.4 Å². The first-order valence-electron chi connectivity index (χ1n) is 4.57. The van der Waals surface area contributed by atoms with Crippen LogP contribution < -0.4 is 4.90 Å². The molecule has 1 aromatic heterocycles. The third-order valence-corrected chi connectivity index (χ3v) is 4.05. The highest BCUT2D eigenvalue weighted by Gasteiger charge is 2.25. The monoisotopic (exact) mass is 260 g/mol. The summed E-state index contributed by atoms with van der Waals surface area (Å²) in [5.74, 6) is 0. The Morgan fingerprint density at radius 1 is 1.62 bits per heavy atom. The largest absolute Gasteiger partial charge is 0.344 e. The zero-order valence-electron chi connectivity index (χ0n) is 7.61. The molecular weight excluding hydrogens is 248 g/mol. The molecule has 72 valence electrons. The fourth-order valence-corrected chi connectivity index (χ4v) is 3.02.